The maximum atomic E-state index is 4.41. The molecule has 0 spiro atoms. The first-order valence-electron chi connectivity index (χ1n) is 10.7. The SMILES string of the molecule is CN=C(NCc1cccc(Cn2ccnc2C)c1)NCC(C)(C)N1CCCCC1. The predicted octanol–water partition coefficient (Wildman–Crippen LogP) is 3.17. The number of hydrogen-bond acceptors (Lipinski definition) is 3. The predicted molar refractivity (Wildman–Crippen MR) is 120 cm³/mol. The highest BCUT2D eigenvalue weighted by Crippen LogP contribution is 2.19. The van der Waals surface area contributed by atoms with Crippen molar-refractivity contribution in [2.75, 3.05) is 26.7 Å². The van der Waals surface area contributed by atoms with E-state index in [1.165, 1.54) is 43.5 Å². The number of aryl methyl sites for hydroxylation is 1. The Morgan fingerprint density at radius 1 is 1.14 bits per heavy atom. The van der Waals surface area contributed by atoms with E-state index in [-0.39, 0.29) is 5.54 Å². The third kappa shape index (κ3) is 6.07. The number of likely N-dealkylation sites (tertiary alicyclic amines) is 1. The number of rotatable bonds is 7. The van der Waals surface area contributed by atoms with Crippen LogP contribution in [0.3, 0.4) is 0 Å². The average Bonchev–Trinajstić information content (AvgIpc) is 3.13. The van der Waals surface area contributed by atoms with Crippen LogP contribution in [0.2, 0.25) is 0 Å². The molecular formula is C23H36N6. The van der Waals surface area contributed by atoms with Gasteiger partial charge in [-0.05, 0) is 57.8 Å². The van der Waals surface area contributed by atoms with Crippen LogP contribution >= 0.6 is 0 Å². The molecule has 2 N–H and O–H groups in total. The van der Waals surface area contributed by atoms with E-state index in [1.54, 1.807) is 0 Å². The molecule has 6 nitrogen and oxygen atoms in total. The molecule has 0 atom stereocenters. The smallest absolute Gasteiger partial charge is 0.191 e. The fourth-order valence-electron chi connectivity index (χ4n) is 3.92. The monoisotopic (exact) mass is 396 g/mol. The van der Waals surface area contributed by atoms with Crippen molar-refractivity contribution in [1.82, 2.24) is 25.1 Å². The minimum Gasteiger partial charge on any atom is -0.355 e. The van der Waals surface area contributed by atoms with Crippen LogP contribution in [0.1, 0.15) is 50.1 Å². The summed E-state index contributed by atoms with van der Waals surface area (Å²) in [5, 5.41) is 6.98. The molecule has 0 radical (unpaired) electrons. The Balaban J connectivity index is 1.51. The number of guanidine groups is 1. The minimum atomic E-state index is 0.126. The van der Waals surface area contributed by atoms with Gasteiger partial charge in [0.2, 0.25) is 0 Å². The molecule has 1 aliphatic rings. The molecule has 1 aromatic carbocycles. The summed E-state index contributed by atoms with van der Waals surface area (Å²) in [7, 11) is 1.83. The van der Waals surface area contributed by atoms with Gasteiger partial charge in [-0.15, -0.1) is 0 Å². The van der Waals surface area contributed by atoms with Crippen molar-refractivity contribution in [2.24, 2.45) is 4.99 Å². The second kappa shape index (κ2) is 9.92. The zero-order chi connectivity index (χ0) is 20.7. The van der Waals surface area contributed by atoms with Crippen LogP contribution in [0.25, 0.3) is 0 Å². The summed E-state index contributed by atoms with van der Waals surface area (Å²) in [6.07, 6.45) is 7.86. The van der Waals surface area contributed by atoms with Crippen molar-refractivity contribution in [3.63, 3.8) is 0 Å². The van der Waals surface area contributed by atoms with E-state index >= 15 is 0 Å². The molecule has 0 aliphatic carbocycles. The highest BCUT2D eigenvalue weighted by atomic mass is 15.2. The van der Waals surface area contributed by atoms with Crippen LogP contribution in [0.4, 0.5) is 0 Å². The number of hydrogen-bond donors (Lipinski definition) is 2. The Morgan fingerprint density at radius 2 is 1.90 bits per heavy atom. The summed E-state index contributed by atoms with van der Waals surface area (Å²) in [6.45, 7) is 11.5. The number of nitrogens with one attached hydrogen (secondary N) is 2. The number of imidazole rings is 1. The molecule has 2 aromatic rings. The first kappa shape index (κ1) is 21.4. The van der Waals surface area contributed by atoms with Crippen molar-refractivity contribution in [3.8, 4) is 0 Å². The quantitative estimate of drug-likeness (QED) is 0.558. The summed E-state index contributed by atoms with van der Waals surface area (Å²) in [6, 6.07) is 8.69. The Bertz CT molecular complexity index is 801. The van der Waals surface area contributed by atoms with Gasteiger partial charge in [0.05, 0.1) is 0 Å². The minimum absolute atomic E-state index is 0.126. The summed E-state index contributed by atoms with van der Waals surface area (Å²) in [5.74, 6) is 1.89. The van der Waals surface area contributed by atoms with Crippen LogP contribution in [0.5, 0.6) is 0 Å². The molecule has 1 saturated heterocycles. The molecule has 1 aliphatic heterocycles. The average molecular weight is 397 g/mol. The normalized spacial score (nSPS) is 16.1. The number of aromatic nitrogens is 2. The molecule has 1 aromatic heterocycles. The number of piperidine rings is 1. The van der Waals surface area contributed by atoms with Gasteiger partial charge in [0.15, 0.2) is 5.96 Å². The van der Waals surface area contributed by atoms with Crippen LogP contribution < -0.4 is 10.6 Å². The molecule has 0 bridgehead atoms. The van der Waals surface area contributed by atoms with Crippen molar-refractivity contribution < 1.29 is 0 Å². The lowest BCUT2D eigenvalue weighted by atomic mass is 9.98. The van der Waals surface area contributed by atoms with Crippen LogP contribution in [0, 0.1) is 6.92 Å². The molecule has 2 heterocycles. The second-order valence-corrected chi connectivity index (χ2v) is 8.56. The van der Waals surface area contributed by atoms with Crippen molar-refractivity contribution in [2.45, 2.75) is 58.7 Å². The Labute approximate surface area is 175 Å². The largest absolute Gasteiger partial charge is 0.355 e. The first-order chi connectivity index (χ1) is 14.0. The van der Waals surface area contributed by atoms with E-state index in [2.05, 4.69) is 68.2 Å². The van der Waals surface area contributed by atoms with E-state index in [0.717, 1.165) is 31.4 Å². The van der Waals surface area contributed by atoms with Crippen LogP contribution in [-0.4, -0.2) is 52.6 Å². The van der Waals surface area contributed by atoms with Crippen molar-refractivity contribution in [3.05, 3.63) is 53.6 Å². The molecule has 3 rings (SSSR count). The Morgan fingerprint density at radius 3 is 2.59 bits per heavy atom. The summed E-state index contributed by atoms with van der Waals surface area (Å²) in [4.78, 5) is 11.3. The van der Waals surface area contributed by atoms with Gasteiger partial charge in [0.25, 0.3) is 0 Å². The maximum Gasteiger partial charge on any atom is 0.191 e. The number of benzene rings is 1. The maximum absolute atomic E-state index is 4.41. The highest BCUT2D eigenvalue weighted by molar-refractivity contribution is 5.79. The van der Waals surface area contributed by atoms with Gasteiger partial charge < -0.3 is 15.2 Å². The van der Waals surface area contributed by atoms with E-state index in [1.807, 2.05) is 26.4 Å². The molecule has 6 heteroatoms. The molecule has 29 heavy (non-hydrogen) atoms. The Hall–Kier alpha value is -2.34. The van der Waals surface area contributed by atoms with Crippen LogP contribution in [-0.2, 0) is 13.1 Å². The molecule has 0 amide bonds. The van der Waals surface area contributed by atoms with Gasteiger partial charge in [-0.3, -0.25) is 9.89 Å². The third-order valence-electron chi connectivity index (χ3n) is 5.85. The van der Waals surface area contributed by atoms with E-state index in [9.17, 15) is 0 Å². The zero-order valence-electron chi connectivity index (χ0n) is 18.4. The van der Waals surface area contributed by atoms with Gasteiger partial charge in [0.1, 0.15) is 5.82 Å². The standard InChI is InChI=1S/C23H36N6/c1-19-25-11-14-28(19)17-21-10-8-9-20(15-21)16-26-22(24-4)27-18-23(2,3)29-12-6-5-7-13-29/h8-11,14-15H,5-7,12-13,16-18H2,1-4H3,(H2,24,26,27). The molecule has 0 unspecified atom stereocenters. The van der Waals surface area contributed by atoms with Gasteiger partial charge >= 0.3 is 0 Å². The van der Waals surface area contributed by atoms with Crippen LogP contribution in [0.15, 0.2) is 41.7 Å². The van der Waals surface area contributed by atoms with E-state index in [4.69, 9.17) is 0 Å². The lowest BCUT2D eigenvalue weighted by Crippen LogP contribution is -2.54. The molecule has 1 fully saturated rings. The topological polar surface area (TPSA) is 57.5 Å². The summed E-state index contributed by atoms with van der Waals surface area (Å²) in [5.41, 5.74) is 2.65. The Kier molecular flexibility index (Phi) is 7.31. The lowest BCUT2D eigenvalue weighted by Gasteiger charge is -2.41. The van der Waals surface area contributed by atoms with Gasteiger partial charge in [-0.1, -0.05) is 30.7 Å². The van der Waals surface area contributed by atoms with Gasteiger partial charge in [-0.2, -0.15) is 0 Å². The number of nitrogens with zero attached hydrogens (tertiary/aromatic N) is 4. The molecular weight excluding hydrogens is 360 g/mol. The van der Waals surface area contributed by atoms with Gasteiger partial charge in [0, 0.05) is 44.6 Å². The summed E-state index contributed by atoms with van der Waals surface area (Å²) >= 11 is 0. The molecule has 0 saturated carbocycles. The van der Waals surface area contributed by atoms with Crippen molar-refractivity contribution >= 4 is 5.96 Å². The highest BCUT2D eigenvalue weighted by Gasteiger charge is 2.27. The number of aliphatic imine (C=N–C) groups is 1. The first-order valence-corrected chi connectivity index (χ1v) is 10.7. The fraction of sp³-hybridized carbons (Fsp3) is 0.565. The molecule has 158 valence electrons. The fourth-order valence-corrected chi connectivity index (χ4v) is 3.92. The third-order valence-corrected chi connectivity index (χ3v) is 5.85. The van der Waals surface area contributed by atoms with E-state index < -0.39 is 0 Å². The second-order valence-electron chi connectivity index (χ2n) is 8.56. The lowest BCUT2D eigenvalue weighted by molar-refractivity contribution is 0.0982. The van der Waals surface area contributed by atoms with Gasteiger partial charge in [-0.25, -0.2) is 4.98 Å². The van der Waals surface area contributed by atoms with Crippen molar-refractivity contribution in [1.29, 1.82) is 0 Å². The zero-order valence-corrected chi connectivity index (χ0v) is 18.4. The summed E-state index contributed by atoms with van der Waals surface area (Å²) < 4.78 is 2.16. The van der Waals surface area contributed by atoms with E-state index in [0.29, 0.717) is 0 Å².